The molecule has 0 saturated heterocycles. The molecule has 2 aromatic heterocycles. The summed E-state index contributed by atoms with van der Waals surface area (Å²) in [6.07, 6.45) is 1.71. The van der Waals surface area contributed by atoms with E-state index in [1.807, 2.05) is 85.1 Å². The van der Waals surface area contributed by atoms with Crippen molar-refractivity contribution in [2.75, 3.05) is 12.4 Å². The Morgan fingerprint density at radius 1 is 1.06 bits per heavy atom. The van der Waals surface area contributed by atoms with Gasteiger partial charge in [0.15, 0.2) is 11.0 Å². The average Bonchev–Trinajstić information content (AvgIpc) is 3.24. The van der Waals surface area contributed by atoms with Crippen molar-refractivity contribution in [2.24, 2.45) is 0 Å². The van der Waals surface area contributed by atoms with Crippen molar-refractivity contribution >= 4 is 23.4 Å². The van der Waals surface area contributed by atoms with Crippen LogP contribution in [0.4, 0.5) is 5.69 Å². The van der Waals surface area contributed by atoms with Gasteiger partial charge in [0.25, 0.3) is 0 Å². The first-order valence-electron chi connectivity index (χ1n) is 10.1. The largest absolute Gasteiger partial charge is 0.497 e. The Morgan fingerprint density at radius 2 is 1.88 bits per heavy atom. The Labute approximate surface area is 190 Å². The van der Waals surface area contributed by atoms with Crippen molar-refractivity contribution in [1.29, 1.82) is 0 Å². The first kappa shape index (κ1) is 21.6. The smallest absolute Gasteiger partial charge is 0.237 e. The van der Waals surface area contributed by atoms with Crippen LogP contribution >= 0.6 is 11.8 Å². The molecule has 0 radical (unpaired) electrons. The maximum atomic E-state index is 12.9. The molecule has 1 N–H and O–H groups in total. The summed E-state index contributed by atoms with van der Waals surface area (Å²) in [7, 11) is 1.62. The third kappa shape index (κ3) is 4.65. The lowest BCUT2D eigenvalue weighted by molar-refractivity contribution is -0.115. The van der Waals surface area contributed by atoms with Crippen LogP contribution in [0.1, 0.15) is 12.5 Å². The van der Waals surface area contributed by atoms with Gasteiger partial charge in [0.1, 0.15) is 11.4 Å². The highest BCUT2D eigenvalue weighted by atomic mass is 32.2. The fourth-order valence-corrected chi connectivity index (χ4v) is 4.02. The molecule has 1 amide bonds. The van der Waals surface area contributed by atoms with Crippen molar-refractivity contribution in [3.05, 3.63) is 78.5 Å². The number of hydrogen-bond acceptors (Lipinski definition) is 6. The SMILES string of the molecule is COc1cccc(-n2c(SC(C)C(=O)Nc3ccccc3C)nnc2-c2ccccn2)c1. The Bertz CT molecular complexity index is 1230. The minimum Gasteiger partial charge on any atom is -0.497 e. The number of thioether (sulfide) groups is 1. The molecule has 4 rings (SSSR count). The summed E-state index contributed by atoms with van der Waals surface area (Å²) in [6, 6.07) is 21.0. The normalized spacial score (nSPS) is 11.7. The highest BCUT2D eigenvalue weighted by Gasteiger charge is 2.23. The van der Waals surface area contributed by atoms with Gasteiger partial charge >= 0.3 is 0 Å². The second-order valence-electron chi connectivity index (χ2n) is 7.12. The van der Waals surface area contributed by atoms with Crippen LogP contribution in [0.2, 0.25) is 0 Å². The van der Waals surface area contributed by atoms with Crippen molar-refractivity contribution in [1.82, 2.24) is 19.7 Å². The maximum Gasteiger partial charge on any atom is 0.237 e. The zero-order chi connectivity index (χ0) is 22.5. The predicted octanol–water partition coefficient (Wildman–Crippen LogP) is 4.77. The Kier molecular flexibility index (Phi) is 6.51. The number of aryl methyl sites for hydroxylation is 1. The van der Waals surface area contributed by atoms with Crippen LogP contribution in [-0.4, -0.2) is 38.0 Å². The molecule has 4 aromatic rings. The van der Waals surface area contributed by atoms with Gasteiger partial charge < -0.3 is 10.1 Å². The van der Waals surface area contributed by atoms with Crippen molar-refractivity contribution < 1.29 is 9.53 Å². The molecule has 0 aliphatic rings. The number of rotatable bonds is 7. The second kappa shape index (κ2) is 9.65. The summed E-state index contributed by atoms with van der Waals surface area (Å²) in [5.41, 5.74) is 3.32. The van der Waals surface area contributed by atoms with E-state index in [1.165, 1.54) is 11.8 Å². The third-order valence-electron chi connectivity index (χ3n) is 4.89. The number of para-hydroxylation sites is 1. The molecule has 162 valence electrons. The number of amides is 1. The summed E-state index contributed by atoms with van der Waals surface area (Å²) < 4.78 is 7.29. The van der Waals surface area contributed by atoms with Gasteiger partial charge in [0.2, 0.25) is 5.91 Å². The van der Waals surface area contributed by atoms with Gasteiger partial charge in [-0.1, -0.05) is 42.1 Å². The van der Waals surface area contributed by atoms with Crippen LogP contribution in [0.25, 0.3) is 17.2 Å². The molecular weight excluding hydrogens is 422 g/mol. The average molecular weight is 446 g/mol. The van der Waals surface area contributed by atoms with E-state index in [1.54, 1.807) is 13.3 Å². The number of ether oxygens (including phenoxy) is 1. The van der Waals surface area contributed by atoms with Crippen molar-refractivity contribution in [3.8, 4) is 23.0 Å². The molecule has 1 unspecified atom stereocenters. The van der Waals surface area contributed by atoms with E-state index in [4.69, 9.17) is 4.74 Å². The van der Waals surface area contributed by atoms with Gasteiger partial charge in [-0.3, -0.25) is 14.3 Å². The van der Waals surface area contributed by atoms with E-state index in [0.717, 1.165) is 16.9 Å². The Hall–Kier alpha value is -3.65. The highest BCUT2D eigenvalue weighted by molar-refractivity contribution is 8.00. The van der Waals surface area contributed by atoms with Crippen LogP contribution < -0.4 is 10.1 Å². The number of nitrogens with zero attached hydrogens (tertiary/aromatic N) is 4. The number of carbonyl (C=O) groups excluding carboxylic acids is 1. The fourth-order valence-electron chi connectivity index (χ4n) is 3.15. The molecule has 2 heterocycles. The van der Waals surface area contributed by atoms with E-state index in [2.05, 4.69) is 20.5 Å². The summed E-state index contributed by atoms with van der Waals surface area (Å²) in [5.74, 6) is 1.20. The molecule has 7 nitrogen and oxygen atoms in total. The van der Waals surface area contributed by atoms with Gasteiger partial charge in [-0.2, -0.15) is 0 Å². The van der Waals surface area contributed by atoms with E-state index in [9.17, 15) is 4.79 Å². The van der Waals surface area contributed by atoms with Gasteiger partial charge in [0.05, 0.1) is 18.0 Å². The molecule has 0 bridgehead atoms. The van der Waals surface area contributed by atoms with E-state index in [-0.39, 0.29) is 5.91 Å². The van der Waals surface area contributed by atoms with Crippen LogP contribution in [0.15, 0.2) is 78.1 Å². The molecule has 8 heteroatoms. The summed E-state index contributed by atoms with van der Waals surface area (Å²) >= 11 is 1.34. The minimum atomic E-state index is -0.403. The number of anilines is 1. The number of benzene rings is 2. The van der Waals surface area contributed by atoms with Crippen molar-refractivity contribution in [3.63, 3.8) is 0 Å². The topological polar surface area (TPSA) is 81.9 Å². The molecule has 2 aromatic carbocycles. The minimum absolute atomic E-state index is 0.108. The Balaban J connectivity index is 1.67. The standard InChI is InChI=1S/C24H23N5O2S/c1-16-9-4-5-12-20(16)26-23(30)17(2)32-24-28-27-22(21-13-6-7-14-25-21)29(24)18-10-8-11-19(15-18)31-3/h4-15,17H,1-3H3,(H,26,30). The molecule has 0 saturated carbocycles. The van der Waals surface area contributed by atoms with E-state index in [0.29, 0.717) is 22.4 Å². The molecule has 0 fully saturated rings. The number of methoxy groups -OCH3 is 1. The van der Waals surface area contributed by atoms with Crippen LogP contribution in [0.5, 0.6) is 5.75 Å². The predicted molar refractivity (Wildman–Crippen MR) is 126 cm³/mol. The zero-order valence-corrected chi connectivity index (χ0v) is 18.8. The quantitative estimate of drug-likeness (QED) is 0.413. The summed E-state index contributed by atoms with van der Waals surface area (Å²) in [4.78, 5) is 17.3. The first-order valence-corrected chi connectivity index (χ1v) is 11.0. The van der Waals surface area contributed by atoms with Gasteiger partial charge in [-0.25, -0.2) is 0 Å². The van der Waals surface area contributed by atoms with Gasteiger partial charge in [0, 0.05) is 18.0 Å². The van der Waals surface area contributed by atoms with Crippen LogP contribution in [-0.2, 0) is 4.79 Å². The fraction of sp³-hybridized carbons (Fsp3) is 0.167. The number of carbonyl (C=O) groups is 1. The molecule has 0 aliphatic carbocycles. The lowest BCUT2D eigenvalue weighted by atomic mass is 10.2. The number of hydrogen-bond donors (Lipinski definition) is 1. The van der Waals surface area contributed by atoms with Crippen LogP contribution in [0, 0.1) is 6.92 Å². The number of pyridine rings is 1. The van der Waals surface area contributed by atoms with E-state index < -0.39 is 5.25 Å². The monoisotopic (exact) mass is 445 g/mol. The molecule has 32 heavy (non-hydrogen) atoms. The zero-order valence-electron chi connectivity index (χ0n) is 18.0. The van der Waals surface area contributed by atoms with Crippen molar-refractivity contribution in [2.45, 2.75) is 24.3 Å². The van der Waals surface area contributed by atoms with Gasteiger partial charge in [-0.05, 0) is 49.7 Å². The number of nitrogens with one attached hydrogen (secondary N) is 1. The Morgan fingerprint density at radius 3 is 2.62 bits per heavy atom. The first-order chi connectivity index (χ1) is 15.6. The van der Waals surface area contributed by atoms with E-state index >= 15 is 0 Å². The van der Waals surface area contributed by atoms with Crippen LogP contribution in [0.3, 0.4) is 0 Å². The molecule has 0 aliphatic heterocycles. The van der Waals surface area contributed by atoms with Gasteiger partial charge in [-0.15, -0.1) is 10.2 Å². The molecule has 1 atom stereocenters. The third-order valence-corrected chi connectivity index (χ3v) is 5.94. The summed E-state index contributed by atoms with van der Waals surface area (Å²) in [5, 5.41) is 12.0. The summed E-state index contributed by atoms with van der Waals surface area (Å²) in [6.45, 7) is 3.81. The molecular formula is C24H23N5O2S. The lowest BCUT2D eigenvalue weighted by Crippen LogP contribution is -2.23. The number of aromatic nitrogens is 4. The molecule has 0 spiro atoms. The maximum absolute atomic E-state index is 12.9. The lowest BCUT2D eigenvalue weighted by Gasteiger charge is -2.15. The highest BCUT2D eigenvalue weighted by Crippen LogP contribution is 2.31. The second-order valence-corrected chi connectivity index (χ2v) is 8.43.